The molecule has 1 heterocycles. The Hall–Kier alpha value is -1.85. The van der Waals surface area contributed by atoms with Gasteiger partial charge in [0.15, 0.2) is 0 Å². The van der Waals surface area contributed by atoms with Gasteiger partial charge in [0.2, 0.25) is 5.91 Å². The molecule has 134 valence electrons. The van der Waals surface area contributed by atoms with Crippen molar-refractivity contribution in [3.63, 3.8) is 0 Å². The topological polar surface area (TPSA) is 49.4 Å². The van der Waals surface area contributed by atoms with Gasteiger partial charge in [0.25, 0.3) is 5.91 Å². The molecule has 0 aliphatic heterocycles. The maximum atomic E-state index is 12.9. The highest BCUT2D eigenvalue weighted by Gasteiger charge is 2.28. The summed E-state index contributed by atoms with van der Waals surface area (Å²) in [5, 5.41) is 5.23. The number of benzene rings is 1. The zero-order chi connectivity index (χ0) is 18.6. The highest BCUT2D eigenvalue weighted by molar-refractivity contribution is 7.10. The van der Waals surface area contributed by atoms with Crippen LogP contribution in [0.5, 0.6) is 0 Å². The molecule has 0 aliphatic carbocycles. The van der Waals surface area contributed by atoms with Gasteiger partial charge in [-0.05, 0) is 42.0 Å². The Morgan fingerprint density at radius 3 is 2.48 bits per heavy atom. The minimum Gasteiger partial charge on any atom is -0.340 e. The van der Waals surface area contributed by atoms with Crippen LogP contribution in [-0.4, -0.2) is 29.8 Å². The van der Waals surface area contributed by atoms with Crippen molar-refractivity contribution in [2.75, 3.05) is 7.05 Å². The van der Waals surface area contributed by atoms with Crippen LogP contribution in [-0.2, 0) is 11.3 Å². The summed E-state index contributed by atoms with van der Waals surface area (Å²) in [7, 11) is 1.76. The fourth-order valence-electron chi connectivity index (χ4n) is 2.47. The Morgan fingerprint density at radius 2 is 1.92 bits per heavy atom. The maximum absolute atomic E-state index is 12.9. The molecule has 25 heavy (non-hydrogen) atoms. The molecule has 2 aromatic rings. The number of nitrogens with zero attached hydrogens (tertiary/aromatic N) is 1. The van der Waals surface area contributed by atoms with Crippen LogP contribution in [0.4, 0.5) is 0 Å². The van der Waals surface area contributed by atoms with Gasteiger partial charge in [-0.3, -0.25) is 9.59 Å². The average Bonchev–Trinajstić information content (AvgIpc) is 2.96. The predicted molar refractivity (Wildman–Crippen MR) is 103 cm³/mol. The van der Waals surface area contributed by atoms with Crippen LogP contribution < -0.4 is 5.32 Å². The predicted octanol–water partition coefficient (Wildman–Crippen LogP) is 4.12. The molecule has 0 saturated carbocycles. The SMILES string of the molecule is Cc1ccsc1CN(C)C(=O)C(NC(=O)c1ccccc1Cl)C(C)C. The highest BCUT2D eigenvalue weighted by atomic mass is 35.5. The lowest BCUT2D eigenvalue weighted by atomic mass is 10.0. The van der Waals surface area contributed by atoms with Crippen molar-refractivity contribution in [2.24, 2.45) is 5.92 Å². The molecule has 1 aromatic heterocycles. The number of hydrogen-bond acceptors (Lipinski definition) is 3. The van der Waals surface area contributed by atoms with Gasteiger partial charge in [0, 0.05) is 11.9 Å². The van der Waals surface area contributed by atoms with Gasteiger partial charge in [0.1, 0.15) is 6.04 Å². The van der Waals surface area contributed by atoms with Crippen LogP contribution in [0, 0.1) is 12.8 Å². The monoisotopic (exact) mass is 378 g/mol. The summed E-state index contributed by atoms with van der Waals surface area (Å²) in [6, 6.07) is 8.26. The van der Waals surface area contributed by atoms with Crippen molar-refractivity contribution in [1.82, 2.24) is 10.2 Å². The van der Waals surface area contributed by atoms with Crippen LogP contribution in [0.3, 0.4) is 0 Å². The molecule has 2 amide bonds. The molecular formula is C19H23ClN2O2S. The Kier molecular flexibility index (Phi) is 6.62. The molecule has 0 saturated heterocycles. The Bertz CT molecular complexity index is 757. The van der Waals surface area contributed by atoms with E-state index in [-0.39, 0.29) is 17.7 Å². The van der Waals surface area contributed by atoms with Crippen molar-refractivity contribution < 1.29 is 9.59 Å². The number of aryl methyl sites for hydroxylation is 1. The standard InChI is InChI=1S/C19H23ClN2O2S/c1-12(2)17(21-18(23)14-7-5-6-8-15(14)20)19(24)22(4)11-16-13(3)9-10-25-16/h5-10,12,17H,11H2,1-4H3,(H,21,23). The van der Waals surface area contributed by atoms with Crippen molar-refractivity contribution in [3.8, 4) is 0 Å². The van der Waals surface area contributed by atoms with E-state index < -0.39 is 6.04 Å². The number of hydrogen-bond donors (Lipinski definition) is 1. The lowest BCUT2D eigenvalue weighted by Crippen LogP contribution is -2.50. The molecule has 1 N–H and O–H groups in total. The van der Waals surface area contributed by atoms with Crippen LogP contribution in [0.15, 0.2) is 35.7 Å². The van der Waals surface area contributed by atoms with Gasteiger partial charge < -0.3 is 10.2 Å². The summed E-state index contributed by atoms with van der Waals surface area (Å²) in [5.74, 6) is -0.479. The third-order valence-electron chi connectivity index (χ3n) is 4.06. The van der Waals surface area contributed by atoms with Crippen molar-refractivity contribution in [3.05, 3.63) is 56.7 Å². The highest BCUT2D eigenvalue weighted by Crippen LogP contribution is 2.19. The maximum Gasteiger partial charge on any atom is 0.253 e. The third-order valence-corrected chi connectivity index (χ3v) is 5.40. The fourth-order valence-corrected chi connectivity index (χ4v) is 3.65. The minimum absolute atomic E-state index is 0.0363. The van der Waals surface area contributed by atoms with Crippen molar-refractivity contribution in [2.45, 2.75) is 33.4 Å². The van der Waals surface area contributed by atoms with E-state index in [0.717, 1.165) is 4.88 Å². The first-order chi connectivity index (χ1) is 11.8. The van der Waals surface area contributed by atoms with Gasteiger partial charge >= 0.3 is 0 Å². The van der Waals surface area contributed by atoms with E-state index in [1.165, 1.54) is 5.56 Å². The van der Waals surface area contributed by atoms with Crippen LogP contribution in [0.1, 0.15) is 34.6 Å². The molecular weight excluding hydrogens is 356 g/mol. The smallest absolute Gasteiger partial charge is 0.253 e. The van der Waals surface area contributed by atoms with E-state index in [1.807, 2.05) is 32.2 Å². The van der Waals surface area contributed by atoms with Gasteiger partial charge in [-0.1, -0.05) is 37.6 Å². The molecule has 1 aromatic carbocycles. The van der Waals surface area contributed by atoms with E-state index in [0.29, 0.717) is 17.1 Å². The second kappa shape index (κ2) is 8.50. The largest absolute Gasteiger partial charge is 0.340 e. The Balaban J connectivity index is 2.11. The summed E-state index contributed by atoms with van der Waals surface area (Å²) in [6.45, 7) is 6.40. The van der Waals surface area contributed by atoms with Gasteiger partial charge in [-0.2, -0.15) is 0 Å². The summed E-state index contributed by atoms with van der Waals surface area (Å²) >= 11 is 7.71. The van der Waals surface area contributed by atoms with Gasteiger partial charge in [-0.25, -0.2) is 0 Å². The number of carbonyl (C=O) groups excluding carboxylic acids is 2. The zero-order valence-electron chi connectivity index (χ0n) is 14.9. The second-order valence-corrected chi connectivity index (χ2v) is 7.80. The second-order valence-electron chi connectivity index (χ2n) is 6.40. The van der Waals surface area contributed by atoms with E-state index in [1.54, 1.807) is 47.5 Å². The average molecular weight is 379 g/mol. The number of halogens is 1. The summed E-state index contributed by atoms with van der Waals surface area (Å²) in [4.78, 5) is 28.2. The van der Waals surface area contributed by atoms with Crippen molar-refractivity contribution >= 4 is 34.8 Å². The quantitative estimate of drug-likeness (QED) is 0.821. The van der Waals surface area contributed by atoms with Gasteiger partial charge in [0.05, 0.1) is 17.1 Å². The lowest BCUT2D eigenvalue weighted by Gasteiger charge is -2.27. The van der Waals surface area contributed by atoms with Crippen molar-refractivity contribution in [1.29, 1.82) is 0 Å². The molecule has 4 nitrogen and oxygen atoms in total. The first-order valence-electron chi connectivity index (χ1n) is 8.14. The Morgan fingerprint density at radius 1 is 1.24 bits per heavy atom. The molecule has 0 spiro atoms. The summed E-state index contributed by atoms with van der Waals surface area (Å²) in [6.07, 6.45) is 0. The van der Waals surface area contributed by atoms with E-state index >= 15 is 0 Å². The van der Waals surface area contributed by atoms with Gasteiger partial charge in [-0.15, -0.1) is 11.3 Å². The van der Waals surface area contributed by atoms with Crippen LogP contribution >= 0.6 is 22.9 Å². The number of amides is 2. The minimum atomic E-state index is -0.603. The number of likely N-dealkylation sites (N-methyl/N-ethyl adjacent to an activating group) is 1. The molecule has 0 fully saturated rings. The van der Waals surface area contributed by atoms with E-state index in [4.69, 9.17) is 11.6 Å². The lowest BCUT2D eigenvalue weighted by molar-refractivity contribution is -0.133. The summed E-state index contributed by atoms with van der Waals surface area (Å²) < 4.78 is 0. The molecule has 0 radical (unpaired) electrons. The number of carbonyl (C=O) groups is 2. The van der Waals surface area contributed by atoms with E-state index in [2.05, 4.69) is 5.32 Å². The molecule has 1 atom stereocenters. The number of thiophene rings is 1. The molecule has 2 rings (SSSR count). The normalized spacial score (nSPS) is 12.1. The van der Waals surface area contributed by atoms with E-state index in [9.17, 15) is 9.59 Å². The Labute approximate surface area is 157 Å². The molecule has 0 aliphatic rings. The van der Waals surface area contributed by atoms with Crippen LogP contribution in [0.2, 0.25) is 5.02 Å². The fraction of sp³-hybridized carbons (Fsp3) is 0.368. The molecule has 6 heteroatoms. The summed E-state index contributed by atoms with van der Waals surface area (Å²) in [5.41, 5.74) is 1.55. The number of nitrogens with one attached hydrogen (secondary N) is 1. The number of rotatable bonds is 6. The first-order valence-corrected chi connectivity index (χ1v) is 9.40. The third kappa shape index (κ3) is 4.83. The first kappa shape index (κ1) is 19.5. The molecule has 1 unspecified atom stereocenters. The van der Waals surface area contributed by atoms with Crippen LogP contribution in [0.25, 0.3) is 0 Å². The zero-order valence-corrected chi connectivity index (χ0v) is 16.4. The molecule has 0 bridgehead atoms.